The maximum absolute atomic E-state index is 13.3. The number of alkyl halides is 1. The zero-order valence-electron chi connectivity index (χ0n) is 13.7. The number of hydrogen-bond donors (Lipinski definition) is 1. The average Bonchev–Trinajstić information content (AvgIpc) is 2.63. The number of likely N-dealkylation sites (tertiary alicyclic amines) is 1. The predicted molar refractivity (Wildman–Crippen MR) is 92.2 cm³/mol. The van der Waals surface area contributed by atoms with E-state index in [4.69, 9.17) is 4.74 Å². The van der Waals surface area contributed by atoms with E-state index in [2.05, 4.69) is 17.0 Å². The second-order valence-corrected chi connectivity index (χ2v) is 6.42. The Morgan fingerprint density at radius 3 is 2.21 bits per heavy atom. The van der Waals surface area contributed by atoms with Crippen LogP contribution in [-0.2, 0) is 17.9 Å². The van der Waals surface area contributed by atoms with E-state index in [9.17, 15) is 9.50 Å². The minimum atomic E-state index is -0.759. The molecule has 3 rings (SSSR count). The van der Waals surface area contributed by atoms with Crippen molar-refractivity contribution in [2.45, 2.75) is 25.4 Å². The van der Waals surface area contributed by atoms with E-state index < -0.39 is 18.7 Å². The summed E-state index contributed by atoms with van der Waals surface area (Å²) in [5.74, 6) is -0.400. The van der Waals surface area contributed by atoms with Gasteiger partial charge in [-0.05, 0) is 11.1 Å². The van der Waals surface area contributed by atoms with Crippen molar-refractivity contribution in [3.05, 3.63) is 71.8 Å². The van der Waals surface area contributed by atoms with E-state index >= 15 is 0 Å². The molecular weight excluding hydrogens is 305 g/mol. The topological polar surface area (TPSA) is 32.7 Å². The quantitative estimate of drug-likeness (QED) is 0.884. The Morgan fingerprint density at radius 2 is 1.58 bits per heavy atom. The Labute approximate surface area is 142 Å². The van der Waals surface area contributed by atoms with Gasteiger partial charge in [0.2, 0.25) is 0 Å². The Morgan fingerprint density at radius 1 is 0.958 bits per heavy atom. The molecule has 0 unspecified atom stereocenters. The Hall–Kier alpha value is -1.75. The maximum atomic E-state index is 13.3. The number of nitrogens with zero attached hydrogens (tertiary/aromatic N) is 1. The van der Waals surface area contributed by atoms with Gasteiger partial charge in [0, 0.05) is 25.6 Å². The minimum Gasteiger partial charge on any atom is -0.390 e. The first-order valence-corrected chi connectivity index (χ1v) is 8.42. The lowest BCUT2D eigenvalue weighted by atomic mass is 9.93. The molecule has 0 aromatic heterocycles. The number of hydrogen-bond acceptors (Lipinski definition) is 3. The van der Waals surface area contributed by atoms with Crippen LogP contribution in [0.1, 0.15) is 11.1 Å². The number of aliphatic hydroxyl groups is 1. The summed E-state index contributed by atoms with van der Waals surface area (Å²) < 4.78 is 19.3. The lowest BCUT2D eigenvalue weighted by molar-refractivity contribution is -0.118. The number of rotatable bonds is 6. The molecule has 3 nitrogen and oxygen atoms in total. The van der Waals surface area contributed by atoms with Gasteiger partial charge >= 0.3 is 0 Å². The summed E-state index contributed by atoms with van der Waals surface area (Å²) in [5.41, 5.74) is 2.25. The zero-order valence-corrected chi connectivity index (χ0v) is 13.7. The third-order valence-electron chi connectivity index (χ3n) is 4.55. The van der Waals surface area contributed by atoms with Gasteiger partial charge in [-0.15, -0.1) is 0 Å². The average molecular weight is 329 g/mol. The van der Waals surface area contributed by atoms with Crippen molar-refractivity contribution in [1.82, 2.24) is 4.90 Å². The van der Waals surface area contributed by atoms with E-state index in [1.807, 2.05) is 48.5 Å². The smallest absolute Gasteiger partial charge is 0.0969 e. The van der Waals surface area contributed by atoms with E-state index in [1.54, 1.807) is 0 Å². The number of halogens is 1. The van der Waals surface area contributed by atoms with Crippen molar-refractivity contribution < 1.29 is 14.2 Å². The molecule has 2 aromatic carbocycles. The van der Waals surface area contributed by atoms with Gasteiger partial charge in [-0.2, -0.15) is 0 Å². The third-order valence-corrected chi connectivity index (χ3v) is 4.55. The molecule has 0 saturated carbocycles. The summed E-state index contributed by atoms with van der Waals surface area (Å²) in [6, 6.07) is 20.0. The van der Waals surface area contributed by atoms with Crippen molar-refractivity contribution in [3.8, 4) is 0 Å². The van der Waals surface area contributed by atoms with E-state index in [-0.39, 0.29) is 6.10 Å². The van der Waals surface area contributed by atoms with Crippen molar-refractivity contribution in [2.24, 2.45) is 5.92 Å². The van der Waals surface area contributed by atoms with E-state index in [0.29, 0.717) is 19.7 Å². The molecule has 0 aliphatic carbocycles. The van der Waals surface area contributed by atoms with Gasteiger partial charge in [-0.1, -0.05) is 60.7 Å². The molecule has 1 saturated heterocycles. The molecule has 0 amide bonds. The van der Waals surface area contributed by atoms with Crippen molar-refractivity contribution in [3.63, 3.8) is 0 Å². The standard InChI is InChI=1S/C20H24FNO2/c21-11-18-13-22(12-16-7-3-1-4-8-16)14-19(20(18)23)24-15-17-9-5-2-6-10-17/h1-10,18-20,23H,11-15H2/t18-,19+,20+/m0/s1. The zero-order chi connectivity index (χ0) is 16.8. The van der Waals surface area contributed by atoms with Crippen LogP contribution in [0, 0.1) is 5.92 Å². The fourth-order valence-electron chi connectivity index (χ4n) is 3.22. The van der Waals surface area contributed by atoms with Crippen molar-refractivity contribution >= 4 is 0 Å². The summed E-state index contributed by atoms with van der Waals surface area (Å²) >= 11 is 0. The molecule has 2 aromatic rings. The van der Waals surface area contributed by atoms with Crippen LogP contribution in [-0.4, -0.2) is 42.0 Å². The molecule has 0 radical (unpaired) electrons. The van der Waals surface area contributed by atoms with Crippen LogP contribution < -0.4 is 0 Å². The highest BCUT2D eigenvalue weighted by molar-refractivity contribution is 5.15. The molecule has 0 spiro atoms. The van der Waals surface area contributed by atoms with Crippen LogP contribution in [0.15, 0.2) is 60.7 Å². The van der Waals surface area contributed by atoms with Gasteiger partial charge in [0.25, 0.3) is 0 Å². The minimum absolute atomic E-state index is 0.372. The van der Waals surface area contributed by atoms with Gasteiger partial charge in [0.05, 0.1) is 25.5 Å². The highest BCUT2D eigenvalue weighted by Gasteiger charge is 2.36. The van der Waals surface area contributed by atoms with Gasteiger partial charge in [0.15, 0.2) is 0 Å². The molecule has 3 atom stereocenters. The maximum Gasteiger partial charge on any atom is 0.0969 e. The molecular formula is C20H24FNO2. The van der Waals surface area contributed by atoms with Crippen molar-refractivity contribution in [1.29, 1.82) is 0 Å². The molecule has 1 fully saturated rings. The van der Waals surface area contributed by atoms with Crippen molar-refractivity contribution in [2.75, 3.05) is 19.8 Å². The first kappa shape index (κ1) is 17.1. The van der Waals surface area contributed by atoms with Gasteiger partial charge in [-0.25, -0.2) is 0 Å². The molecule has 24 heavy (non-hydrogen) atoms. The second kappa shape index (κ2) is 8.38. The number of ether oxygens (including phenoxy) is 1. The first-order valence-electron chi connectivity index (χ1n) is 8.42. The Bertz CT molecular complexity index is 608. The summed E-state index contributed by atoms with van der Waals surface area (Å²) in [6.45, 7) is 1.81. The summed E-state index contributed by atoms with van der Waals surface area (Å²) in [7, 11) is 0. The lowest BCUT2D eigenvalue weighted by Gasteiger charge is -2.40. The van der Waals surface area contributed by atoms with Crippen LogP contribution in [0.2, 0.25) is 0 Å². The van der Waals surface area contributed by atoms with Gasteiger partial charge in [-0.3, -0.25) is 9.29 Å². The largest absolute Gasteiger partial charge is 0.390 e. The van der Waals surface area contributed by atoms with Gasteiger partial charge in [0.1, 0.15) is 0 Å². The number of benzene rings is 2. The monoisotopic (exact) mass is 329 g/mol. The van der Waals surface area contributed by atoms with Crippen LogP contribution in [0.5, 0.6) is 0 Å². The first-order chi connectivity index (χ1) is 11.8. The predicted octanol–water partition coefficient (Wildman–Crippen LogP) is 3.03. The molecule has 4 heteroatoms. The highest BCUT2D eigenvalue weighted by atomic mass is 19.1. The Kier molecular flexibility index (Phi) is 5.96. The summed E-state index contributed by atoms with van der Waals surface area (Å²) in [5, 5.41) is 10.4. The summed E-state index contributed by atoms with van der Waals surface area (Å²) in [4.78, 5) is 2.17. The molecule has 1 N–H and O–H groups in total. The van der Waals surface area contributed by atoms with Crippen LogP contribution in [0.4, 0.5) is 4.39 Å². The third kappa shape index (κ3) is 4.41. The number of aliphatic hydroxyl groups excluding tert-OH is 1. The van der Waals surface area contributed by atoms with Crippen LogP contribution >= 0.6 is 0 Å². The van der Waals surface area contributed by atoms with Crippen LogP contribution in [0.25, 0.3) is 0 Å². The molecule has 1 aliphatic rings. The fraction of sp³-hybridized carbons (Fsp3) is 0.400. The molecule has 1 heterocycles. The SMILES string of the molecule is O[C@@H]1[C@@H](CF)CN(Cc2ccccc2)C[C@H]1OCc1ccccc1. The highest BCUT2D eigenvalue weighted by Crippen LogP contribution is 2.23. The van der Waals surface area contributed by atoms with E-state index in [1.165, 1.54) is 5.56 Å². The molecule has 1 aliphatic heterocycles. The Balaban J connectivity index is 1.63. The fourth-order valence-corrected chi connectivity index (χ4v) is 3.22. The summed E-state index contributed by atoms with van der Waals surface area (Å²) in [6.07, 6.45) is -1.13. The van der Waals surface area contributed by atoms with E-state index in [0.717, 1.165) is 12.1 Å². The number of piperidine rings is 1. The molecule has 128 valence electrons. The normalized spacial score (nSPS) is 24.8. The molecule has 0 bridgehead atoms. The second-order valence-electron chi connectivity index (χ2n) is 6.42. The van der Waals surface area contributed by atoms with Crippen LogP contribution in [0.3, 0.4) is 0 Å². The lowest BCUT2D eigenvalue weighted by Crippen LogP contribution is -2.53. The van der Waals surface area contributed by atoms with Gasteiger partial charge < -0.3 is 9.84 Å².